The second-order valence-corrected chi connectivity index (χ2v) is 15.8. The number of ether oxygens (including phenoxy) is 2. The van der Waals surface area contributed by atoms with Gasteiger partial charge in [-0.1, -0.05) is 51.5 Å². The van der Waals surface area contributed by atoms with Crippen molar-refractivity contribution in [1.29, 1.82) is 0 Å². The van der Waals surface area contributed by atoms with Crippen LogP contribution in [0.15, 0.2) is 23.8 Å². The van der Waals surface area contributed by atoms with E-state index in [0.29, 0.717) is 25.2 Å². The summed E-state index contributed by atoms with van der Waals surface area (Å²) in [6.45, 7) is 13.5. The standard InChI is InChI=1S/C34H52O8/c1-19-8-13-34(29(39)40)15-14-32(4)20(21(34)16-19)6-7-24-30(2)11-10-25(42-28-27(38)26(37)22(36)17-41-28)31(3,18-35)23(30)9-12-33(24,32)5/h6,21-28,35-38H,1,7-18H2,2-5H3,(H,39,40)/t21-,22-,23+,24+,25-,26-,27+,28-,30-,31-,32+,33+,34-/m0/s1. The van der Waals surface area contributed by atoms with Crippen molar-refractivity contribution >= 4 is 5.97 Å². The van der Waals surface area contributed by atoms with Gasteiger partial charge in [0.2, 0.25) is 0 Å². The summed E-state index contributed by atoms with van der Waals surface area (Å²) in [4.78, 5) is 12.8. The smallest absolute Gasteiger partial charge is 0.310 e. The van der Waals surface area contributed by atoms with Crippen LogP contribution < -0.4 is 0 Å². The highest BCUT2D eigenvalue weighted by atomic mass is 16.7. The molecule has 4 saturated carbocycles. The van der Waals surface area contributed by atoms with E-state index in [1.54, 1.807) is 0 Å². The predicted molar refractivity (Wildman–Crippen MR) is 156 cm³/mol. The van der Waals surface area contributed by atoms with Crippen LogP contribution in [0.2, 0.25) is 0 Å². The molecule has 1 saturated heterocycles. The summed E-state index contributed by atoms with van der Waals surface area (Å²) in [7, 11) is 0. The van der Waals surface area contributed by atoms with E-state index in [1.165, 1.54) is 11.1 Å². The van der Waals surface area contributed by atoms with Crippen LogP contribution in [0.5, 0.6) is 0 Å². The minimum Gasteiger partial charge on any atom is -0.481 e. The summed E-state index contributed by atoms with van der Waals surface area (Å²) in [5, 5.41) is 52.1. The van der Waals surface area contributed by atoms with E-state index in [-0.39, 0.29) is 47.4 Å². The molecular weight excluding hydrogens is 536 g/mol. The van der Waals surface area contributed by atoms with Gasteiger partial charge in [-0.15, -0.1) is 0 Å². The fourth-order valence-corrected chi connectivity index (χ4v) is 11.5. The Labute approximate surface area is 250 Å². The van der Waals surface area contributed by atoms with Gasteiger partial charge in [0.25, 0.3) is 0 Å². The normalized spacial score (nSPS) is 54.1. The molecule has 5 fully saturated rings. The lowest BCUT2D eigenvalue weighted by Crippen LogP contribution is -2.66. The van der Waals surface area contributed by atoms with Crippen LogP contribution in [0, 0.1) is 44.8 Å². The molecule has 6 rings (SSSR count). The van der Waals surface area contributed by atoms with Crippen molar-refractivity contribution in [3.05, 3.63) is 23.8 Å². The minimum absolute atomic E-state index is 0.00123. The number of rotatable bonds is 4. The Hall–Kier alpha value is -1.29. The van der Waals surface area contributed by atoms with Gasteiger partial charge in [-0.25, -0.2) is 0 Å². The molecule has 8 nitrogen and oxygen atoms in total. The topological polar surface area (TPSA) is 137 Å². The highest BCUT2D eigenvalue weighted by molar-refractivity contribution is 5.77. The third kappa shape index (κ3) is 3.97. The number of allylic oxidation sites excluding steroid dienone is 3. The van der Waals surface area contributed by atoms with Crippen LogP contribution in [0.4, 0.5) is 0 Å². The average molecular weight is 589 g/mol. The van der Waals surface area contributed by atoms with Crippen LogP contribution in [0.3, 0.4) is 0 Å². The molecule has 0 amide bonds. The number of aliphatic hydroxyl groups excluding tert-OH is 4. The zero-order valence-electron chi connectivity index (χ0n) is 25.8. The van der Waals surface area contributed by atoms with Crippen molar-refractivity contribution in [2.24, 2.45) is 44.8 Å². The lowest BCUT2D eigenvalue weighted by Gasteiger charge is -2.71. The van der Waals surface area contributed by atoms with Crippen LogP contribution >= 0.6 is 0 Å². The number of carbonyl (C=O) groups is 1. The maximum atomic E-state index is 12.8. The quantitative estimate of drug-likeness (QED) is 0.244. The Bertz CT molecular complexity index is 1150. The van der Waals surface area contributed by atoms with E-state index in [1.807, 2.05) is 0 Å². The predicted octanol–water partition coefficient (Wildman–Crippen LogP) is 4.20. The summed E-state index contributed by atoms with van der Waals surface area (Å²) in [5.41, 5.74) is 1.13. The van der Waals surface area contributed by atoms with Gasteiger partial charge >= 0.3 is 5.97 Å². The van der Waals surface area contributed by atoms with Gasteiger partial charge in [0.15, 0.2) is 6.29 Å². The van der Waals surface area contributed by atoms with Gasteiger partial charge in [-0.3, -0.25) is 4.79 Å². The number of carboxylic acids is 1. The zero-order valence-corrected chi connectivity index (χ0v) is 25.8. The van der Waals surface area contributed by atoms with Crippen molar-refractivity contribution < 1.29 is 39.8 Å². The first-order chi connectivity index (χ1) is 19.7. The molecular formula is C34H52O8. The number of aliphatic carboxylic acids is 1. The fourth-order valence-electron chi connectivity index (χ4n) is 11.5. The Kier molecular flexibility index (Phi) is 7.40. The van der Waals surface area contributed by atoms with Crippen molar-refractivity contribution in [1.82, 2.24) is 0 Å². The minimum atomic E-state index is -1.36. The molecule has 5 N–H and O–H groups in total. The Morgan fingerprint density at radius 3 is 2.45 bits per heavy atom. The second kappa shape index (κ2) is 10.1. The van der Waals surface area contributed by atoms with Crippen LogP contribution in [-0.4, -0.2) is 75.4 Å². The molecule has 236 valence electrons. The molecule has 42 heavy (non-hydrogen) atoms. The maximum Gasteiger partial charge on any atom is 0.310 e. The first-order valence-electron chi connectivity index (χ1n) is 16.2. The number of hydrogen-bond donors (Lipinski definition) is 5. The van der Waals surface area contributed by atoms with Crippen LogP contribution in [-0.2, 0) is 14.3 Å². The van der Waals surface area contributed by atoms with Crippen LogP contribution in [0.1, 0.15) is 91.9 Å². The molecule has 1 aliphatic heterocycles. The lowest BCUT2D eigenvalue weighted by molar-refractivity contribution is -0.312. The van der Waals surface area contributed by atoms with Gasteiger partial charge in [0.05, 0.1) is 24.7 Å². The number of fused-ring (bicyclic) bond motifs is 7. The van der Waals surface area contributed by atoms with Crippen molar-refractivity contribution in [3.63, 3.8) is 0 Å². The van der Waals surface area contributed by atoms with E-state index >= 15 is 0 Å². The zero-order chi connectivity index (χ0) is 30.5. The molecule has 0 aromatic rings. The van der Waals surface area contributed by atoms with E-state index in [4.69, 9.17) is 9.47 Å². The largest absolute Gasteiger partial charge is 0.481 e. The maximum absolute atomic E-state index is 12.8. The van der Waals surface area contributed by atoms with Crippen LogP contribution in [0.25, 0.3) is 0 Å². The van der Waals surface area contributed by atoms with Gasteiger partial charge in [-0.2, -0.15) is 0 Å². The van der Waals surface area contributed by atoms with Crippen molar-refractivity contribution in [3.8, 4) is 0 Å². The van der Waals surface area contributed by atoms with E-state index in [2.05, 4.69) is 40.3 Å². The first kappa shape index (κ1) is 30.7. The van der Waals surface area contributed by atoms with E-state index in [0.717, 1.165) is 44.9 Å². The number of carboxylic acid groups (broad SMARTS) is 1. The van der Waals surface area contributed by atoms with Gasteiger partial charge in [0, 0.05) is 11.3 Å². The molecule has 1 heterocycles. The van der Waals surface area contributed by atoms with Crippen molar-refractivity contribution in [2.75, 3.05) is 13.2 Å². The molecule has 0 bridgehead atoms. The molecule has 0 unspecified atom stereocenters. The summed E-state index contributed by atoms with van der Waals surface area (Å²) in [5.74, 6) is -0.0716. The van der Waals surface area contributed by atoms with E-state index < -0.39 is 41.4 Å². The third-order valence-electron chi connectivity index (χ3n) is 14.3. The molecule has 5 aliphatic carbocycles. The average Bonchev–Trinajstić information content (AvgIpc) is 2.95. The number of hydrogen-bond acceptors (Lipinski definition) is 7. The summed E-state index contributed by atoms with van der Waals surface area (Å²) in [6.07, 6.45) is 5.45. The molecule has 0 spiro atoms. The first-order valence-corrected chi connectivity index (χ1v) is 16.2. The molecule has 0 aromatic carbocycles. The lowest BCUT2D eigenvalue weighted by atomic mass is 9.34. The Balaban J connectivity index is 1.31. The van der Waals surface area contributed by atoms with Gasteiger partial charge in [0.1, 0.15) is 18.3 Å². The fraction of sp³-hybridized carbons (Fsp3) is 0.853. The summed E-state index contributed by atoms with van der Waals surface area (Å²) in [6, 6.07) is 0. The van der Waals surface area contributed by atoms with Gasteiger partial charge in [-0.05, 0) is 92.3 Å². The van der Waals surface area contributed by atoms with Gasteiger partial charge < -0.3 is 35.0 Å². The molecule has 8 heteroatoms. The highest BCUT2D eigenvalue weighted by Crippen LogP contribution is 2.75. The number of aliphatic hydroxyl groups is 4. The SMILES string of the molecule is C=C1CC[C@]2(C(=O)O)CC[C@]3(C)C(=CC[C@@H]4[C@@]5(C)CC[C@H](O[C@@H]6OC[C@H](O)[C@H](O)[C@H]6O)[C@@](C)(CO)[C@@H]5CC[C@]43C)[C@@H]2C1. The molecule has 13 atom stereocenters. The monoisotopic (exact) mass is 588 g/mol. The Morgan fingerprint density at radius 1 is 1.02 bits per heavy atom. The van der Waals surface area contributed by atoms with E-state index in [9.17, 15) is 30.3 Å². The molecule has 0 aromatic heterocycles. The Morgan fingerprint density at radius 2 is 1.76 bits per heavy atom. The third-order valence-corrected chi connectivity index (χ3v) is 14.3. The summed E-state index contributed by atoms with van der Waals surface area (Å²) < 4.78 is 12.0. The second-order valence-electron chi connectivity index (χ2n) is 15.8. The summed E-state index contributed by atoms with van der Waals surface area (Å²) >= 11 is 0. The van der Waals surface area contributed by atoms with Crippen molar-refractivity contribution in [2.45, 2.75) is 123 Å². The highest BCUT2D eigenvalue weighted by Gasteiger charge is 2.69. The molecule has 6 aliphatic rings. The molecule has 0 radical (unpaired) electrons.